The van der Waals surface area contributed by atoms with E-state index < -0.39 is 29.4 Å². The maximum Gasteiger partial charge on any atom is 0.348 e. The van der Waals surface area contributed by atoms with Crippen LogP contribution in [-0.4, -0.2) is 30.8 Å². The molecule has 0 heterocycles. The van der Waals surface area contributed by atoms with Crippen LogP contribution in [0.2, 0.25) is 0 Å². The van der Waals surface area contributed by atoms with Crippen LogP contribution in [0.25, 0.3) is 0 Å². The third-order valence-electron chi connectivity index (χ3n) is 7.79. The van der Waals surface area contributed by atoms with Gasteiger partial charge in [0.15, 0.2) is 17.0 Å². The Morgan fingerprint density at radius 2 is 1.35 bits per heavy atom. The number of benzene rings is 5. The van der Waals surface area contributed by atoms with E-state index in [4.69, 9.17) is 25.4 Å². The van der Waals surface area contributed by atoms with Crippen LogP contribution >= 0.6 is 0 Å². The fourth-order valence-corrected chi connectivity index (χ4v) is 5.37. The summed E-state index contributed by atoms with van der Waals surface area (Å²) in [5.41, 5.74) is 7.00. The van der Waals surface area contributed by atoms with Crippen LogP contribution in [0.15, 0.2) is 133 Å². The number of nitrogens with one attached hydrogen (secondary N) is 3. The van der Waals surface area contributed by atoms with Gasteiger partial charge in [-0.2, -0.15) is 0 Å². The summed E-state index contributed by atoms with van der Waals surface area (Å²) in [4.78, 5) is 40.8. The molecule has 0 aliphatic rings. The van der Waals surface area contributed by atoms with E-state index >= 15 is 0 Å². The quantitative estimate of drug-likeness (QED) is 0.0532. The monoisotopic (exact) mass is 656 g/mol. The number of nitrogens with two attached hydrogens (primary N) is 1. The van der Waals surface area contributed by atoms with Crippen molar-refractivity contribution in [1.82, 2.24) is 5.32 Å². The van der Waals surface area contributed by atoms with Crippen molar-refractivity contribution in [3.8, 4) is 11.5 Å². The van der Waals surface area contributed by atoms with Crippen LogP contribution in [0, 0.1) is 5.41 Å². The van der Waals surface area contributed by atoms with E-state index in [0.29, 0.717) is 46.0 Å². The Morgan fingerprint density at radius 3 is 1.88 bits per heavy atom. The van der Waals surface area contributed by atoms with Crippen molar-refractivity contribution in [1.29, 1.82) is 5.41 Å². The number of amides is 1. The molecule has 1 unspecified atom stereocenters. The Bertz CT molecular complexity index is 1880. The molecule has 0 saturated carbocycles. The van der Waals surface area contributed by atoms with E-state index in [9.17, 15) is 14.4 Å². The van der Waals surface area contributed by atoms with Crippen LogP contribution in [0.3, 0.4) is 0 Å². The van der Waals surface area contributed by atoms with E-state index in [2.05, 4.69) is 10.6 Å². The van der Waals surface area contributed by atoms with Crippen molar-refractivity contribution >= 4 is 29.4 Å². The third-order valence-corrected chi connectivity index (χ3v) is 7.79. The van der Waals surface area contributed by atoms with Crippen LogP contribution in [0.4, 0.5) is 5.69 Å². The second-order valence-electron chi connectivity index (χ2n) is 11.1. The Hall–Kier alpha value is -6.42. The number of methoxy groups -OCH3 is 1. The van der Waals surface area contributed by atoms with E-state index in [-0.39, 0.29) is 5.84 Å². The molecule has 0 bridgehead atoms. The van der Waals surface area contributed by atoms with E-state index in [0.717, 1.165) is 12.5 Å². The summed E-state index contributed by atoms with van der Waals surface area (Å²) < 4.78 is 16.9. The molecule has 0 spiro atoms. The molecule has 5 aromatic carbocycles. The Kier molecular flexibility index (Phi) is 10.7. The smallest absolute Gasteiger partial charge is 0.348 e. The summed E-state index contributed by atoms with van der Waals surface area (Å²) >= 11 is 0. The molecule has 0 aliphatic heterocycles. The van der Waals surface area contributed by atoms with Crippen molar-refractivity contribution < 1.29 is 28.6 Å². The molecule has 0 saturated heterocycles. The predicted octanol–water partition coefficient (Wildman–Crippen LogP) is 5.86. The second-order valence-corrected chi connectivity index (χ2v) is 11.1. The van der Waals surface area contributed by atoms with Gasteiger partial charge < -0.3 is 30.6 Å². The first kappa shape index (κ1) is 33.9. The van der Waals surface area contributed by atoms with Gasteiger partial charge in [-0.05, 0) is 58.7 Å². The largest absolute Gasteiger partial charge is 0.493 e. The summed E-state index contributed by atoms with van der Waals surface area (Å²) in [7, 11) is 1.51. The van der Waals surface area contributed by atoms with Gasteiger partial charge in [0.1, 0.15) is 18.5 Å². The number of amidine groups is 1. The van der Waals surface area contributed by atoms with Crippen LogP contribution in [-0.2, 0) is 31.3 Å². The summed E-state index contributed by atoms with van der Waals surface area (Å²) in [5, 5.41) is 14.0. The van der Waals surface area contributed by atoms with Crippen LogP contribution < -0.4 is 25.8 Å². The highest BCUT2D eigenvalue weighted by Crippen LogP contribution is 2.36. The molecular formula is C39H36N4O6. The van der Waals surface area contributed by atoms with Crippen molar-refractivity contribution in [2.45, 2.75) is 25.1 Å². The van der Waals surface area contributed by atoms with Gasteiger partial charge in [0, 0.05) is 18.2 Å². The lowest BCUT2D eigenvalue weighted by molar-refractivity contribution is -0.163. The minimum Gasteiger partial charge on any atom is -0.493 e. The van der Waals surface area contributed by atoms with Crippen molar-refractivity contribution in [2.24, 2.45) is 5.73 Å². The fourth-order valence-electron chi connectivity index (χ4n) is 5.37. The molecule has 49 heavy (non-hydrogen) atoms. The average molecular weight is 657 g/mol. The summed E-state index contributed by atoms with van der Waals surface area (Å²) in [6, 6.07) is 37.6. The average Bonchev–Trinajstić information content (AvgIpc) is 3.13. The number of hydrogen-bond acceptors (Lipinski definition) is 8. The lowest BCUT2D eigenvalue weighted by Gasteiger charge is -2.35. The molecule has 1 atom stereocenters. The standard InChI is InChI=1S/C39H36N4O6/c1-26(44)49-38(46)39(30-14-8-4-9-15-30,31-16-10-5-11-17-31)43-37(45)35(42-32-21-18-28(19-22-32)36(40)41)29-20-23-33(34(24-29)47-2)48-25-27-12-6-3-7-13-27/h3-24,35,42H,25H2,1-2H3,(H3,40,41)(H,43,45). The molecule has 0 aromatic heterocycles. The van der Waals surface area contributed by atoms with Gasteiger partial charge in [-0.1, -0.05) is 97.1 Å². The first-order chi connectivity index (χ1) is 23.7. The molecule has 0 fully saturated rings. The summed E-state index contributed by atoms with van der Waals surface area (Å²) in [6.45, 7) is 1.43. The van der Waals surface area contributed by atoms with E-state index in [1.807, 2.05) is 30.3 Å². The van der Waals surface area contributed by atoms with Gasteiger partial charge in [0.2, 0.25) is 5.91 Å². The van der Waals surface area contributed by atoms with Gasteiger partial charge in [0.05, 0.1) is 7.11 Å². The highest BCUT2D eigenvalue weighted by molar-refractivity contribution is 5.99. The highest BCUT2D eigenvalue weighted by atomic mass is 16.6. The Morgan fingerprint density at radius 1 is 0.776 bits per heavy atom. The van der Waals surface area contributed by atoms with Gasteiger partial charge in [-0.25, -0.2) is 4.79 Å². The zero-order chi connectivity index (χ0) is 34.8. The zero-order valence-corrected chi connectivity index (χ0v) is 27.0. The molecule has 1 amide bonds. The first-order valence-corrected chi connectivity index (χ1v) is 15.4. The van der Waals surface area contributed by atoms with Crippen LogP contribution in [0.1, 0.15) is 40.8 Å². The number of esters is 2. The van der Waals surface area contributed by atoms with Crippen molar-refractivity contribution in [3.05, 3.63) is 161 Å². The molecule has 5 aromatic rings. The normalized spacial score (nSPS) is 11.5. The second kappa shape index (κ2) is 15.4. The predicted molar refractivity (Wildman–Crippen MR) is 186 cm³/mol. The molecule has 0 radical (unpaired) electrons. The number of carbonyl (C=O) groups is 3. The minimum absolute atomic E-state index is 0.101. The summed E-state index contributed by atoms with van der Waals surface area (Å²) in [5.74, 6) is -1.68. The lowest BCUT2D eigenvalue weighted by Crippen LogP contribution is -2.55. The maximum atomic E-state index is 14.7. The number of hydrogen-bond donors (Lipinski definition) is 4. The number of nitrogen functional groups attached to an aromatic ring is 1. The molecule has 5 N–H and O–H groups in total. The topological polar surface area (TPSA) is 153 Å². The number of ether oxygens (including phenoxy) is 3. The molecule has 10 heteroatoms. The maximum absolute atomic E-state index is 14.7. The third kappa shape index (κ3) is 7.94. The van der Waals surface area contributed by atoms with Crippen molar-refractivity contribution in [3.63, 3.8) is 0 Å². The SMILES string of the molecule is COc1cc(C(Nc2ccc(C(=N)N)cc2)C(=O)NC(C(=O)OC(C)=O)(c2ccccc2)c2ccccc2)ccc1OCc1ccccc1. The minimum atomic E-state index is -1.91. The Labute approximate surface area is 284 Å². The number of anilines is 1. The van der Waals surface area contributed by atoms with Crippen LogP contribution in [0.5, 0.6) is 11.5 Å². The van der Waals surface area contributed by atoms with Gasteiger partial charge in [-0.3, -0.25) is 15.0 Å². The highest BCUT2D eigenvalue weighted by Gasteiger charge is 2.47. The van der Waals surface area contributed by atoms with Crippen molar-refractivity contribution in [2.75, 3.05) is 12.4 Å². The van der Waals surface area contributed by atoms with E-state index in [1.54, 1.807) is 103 Å². The summed E-state index contributed by atoms with van der Waals surface area (Å²) in [6.07, 6.45) is 0. The van der Waals surface area contributed by atoms with Gasteiger partial charge in [-0.15, -0.1) is 0 Å². The molecule has 5 rings (SSSR count). The van der Waals surface area contributed by atoms with Gasteiger partial charge >= 0.3 is 11.9 Å². The van der Waals surface area contributed by atoms with Gasteiger partial charge in [0.25, 0.3) is 0 Å². The molecule has 0 aliphatic carbocycles. The Balaban J connectivity index is 1.59. The number of carbonyl (C=O) groups excluding carboxylic acids is 3. The molecule has 248 valence electrons. The fraction of sp³-hybridized carbons (Fsp3) is 0.128. The first-order valence-electron chi connectivity index (χ1n) is 15.4. The lowest BCUT2D eigenvalue weighted by atomic mass is 9.82. The number of rotatable bonds is 13. The molecular weight excluding hydrogens is 620 g/mol. The van der Waals surface area contributed by atoms with E-state index in [1.165, 1.54) is 7.11 Å². The molecule has 10 nitrogen and oxygen atoms in total. The zero-order valence-electron chi connectivity index (χ0n) is 27.0.